The number of rotatable bonds is 7. The van der Waals surface area contributed by atoms with Crippen LogP contribution in [0.5, 0.6) is 0 Å². The second-order valence-corrected chi connectivity index (χ2v) is 6.29. The fourth-order valence-corrected chi connectivity index (χ4v) is 2.96. The molecule has 0 aliphatic heterocycles. The minimum atomic E-state index is -0.111. The predicted molar refractivity (Wildman–Crippen MR) is 91.7 cm³/mol. The molecule has 1 atom stereocenters. The lowest BCUT2D eigenvalue weighted by atomic mass is 9.97. The van der Waals surface area contributed by atoms with Gasteiger partial charge in [-0.1, -0.05) is 38.1 Å². The maximum atomic E-state index is 12.1. The van der Waals surface area contributed by atoms with Crippen LogP contribution in [0.1, 0.15) is 54.3 Å². The molecule has 2 aromatic rings. The van der Waals surface area contributed by atoms with Gasteiger partial charge in [0.2, 0.25) is 5.91 Å². The van der Waals surface area contributed by atoms with Gasteiger partial charge in [0.05, 0.1) is 4.88 Å². The molecule has 1 aromatic heterocycles. The van der Waals surface area contributed by atoms with E-state index in [0.29, 0.717) is 10.8 Å². The molecule has 1 aromatic carbocycles. The number of carbonyl (C=O) groups is 2. The molecule has 2 rings (SSSR count). The van der Waals surface area contributed by atoms with E-state index in [9.17, 15) is 9.59 Å². The topological polar surface area (TPSA) is 46.2 Å². The number of Topliss-reactive ketones (excluding diaryl/α,β-unsaturated/α-hetero) is 1. The highest BCUT2D eigenvalue weighted by atomic mass is 32.1. The zero-order valence-electron chi connectivity index (χ0n) is 13.0. The smallest absolute Gasteiger partial charge is 0.224 e. The molecule has 1 N–H and O–H groups in total. The summed E-state index contributed by atoms with van der Waals surface area (Å²) in [6, 6.07) is 11.5. The lowest BCUT2D eigenvalue weighted by Gasteiger charge is -2.15. The van der Waals surface area contributed by atoms with Gasteiger partial charge < -0.3 is 5.32 Å². The van der Waals surface area contributed by atoms with Crippen molar-refractivity contribution in [1.29, 1.82) is 0 Å². The van der Waals surface area contributed by atoms with Gasteiger partial charge in [0.15, 0.2) is 5.78 Å². The summed E-state index contributed by atoms with van der Waals surface area (Å²) in [6.07, 6.45) is 1.48. The van der Waals surface area contributed by atoms with Gasteiger partial charge in [-0.3, -0.25) is 9.59 Å². The molecule has 0 fully saturated rings. The highest BCUT2D eigenvalue weighted by Crippen LogP contribution is 2.26. The Balaban J connectivity index is 1.94. The maximum Gasteiger partial charge on any atom is 0.224 e. The van der Waals surface area contributed by atoms with Crippen LogP contribution < -0.4 is 5.32 Å². The number of ketones is 1. The van der Waals surface area contributed by atoms with Gasteiger partial charge >= 0.3 is 0 Å². The molecular weight excluding hydrogens is 294 g/mol. The van der Waals surface area contributed by atoms with Crippen molar-refractivity contribution >= 4 is 28.7 Å². The number of nitrogens with one attached hydrogen (secondary N) is 1. The summed E-state index contributed by atoms with van der Waals surface area (Å²) in [7, 11) is 0. The van der Waals surface area contributed by atoms with E-state index in [2.05, 4.69) is 19.2 Å². The number of anilines is 1. The van der Waals surface area contributed by atoms with Crippen LogP contribution in [0.15, 0.2) is 41.8 Å². The number of carbonyl (C=O) groups excluding carboxylic acids is 2. The van der Waals surface area contributed by atoms with Gasteiger partial charge in [-0.15, -0.1) is 11.3 Å². The number of amides is 1. The minimum absolute atomic E-state index is 0.0281. The first kappa shape index (κ1) is 16.4. The van der Waals surface area contributed by atoms with Crippen molar-refractivity contribution in [3.63, 3.8) is 0 Å². The fourth-order valence-electron chi connectivity index (χ4n) is 2.26. The first-order chi connectivity index (χ1) is 10.6. The predicted octanol–water partition coefficient (Wildman–Crippen LogP) is 4.86. The van der Waals surface area contributed by atoms with Gasteiger partial charge in [-0.05, 0) is 35.4 Å². The Hall–Kier alpha value is -1.94. The number of benzene rings is 1. The maximum absolute atomic E-state index is 12.1. The Morgan fingerprint density at radius 1 is 1.14 bits per heavy atom. The first-order valence-electron chi connectivity index (χ1n) is 7.57. The summed E-state index contributed by atoms with van der Waals surface area (Å²) in [4.78, 5) is 24.7. The van der Waals surface area contributed by atoms with Gasteiger partial charge in [-0.2, -0.15) is 0 Å². The third-order valence-corrected chi connectivity index (χ3v) is 4.66. The third-order valence-electron chi connectivity index (χ3n) is 3.75. The van der Waals surface area contributed by atoms with E-state index in [1.165, 1.54) is 11.3 Å². The molecule has 0 aliphatic carbocycles. The van der Waals surface area contributed by atoms with Crippen LogP contribution in [0.4, 0.5) is 5.69 Å². The Kier molecular flexibility index (Phi) is 5.90. The van der Waals surface area contributed by atoms with Crippen molar-refractivity contribution in [2.45, 2.75) is 39.0 Å². The van der Waals surface area contributed by atoms with Crippen molar-refractivity contribution in [3.05, 3.63) is 52.2 Å². The molecular formula is C18H21NO2S. The summed E-state index contributed by atoms with van der Waals surface area (Å²) < 4.78 is 0. The van der Waals surface area contributed by atoms with E-state index in [0.717, 1.165) is 17.7 Å². The van der Waals surface area contributed by atoms with Crippen molar-refractivity contribution in [3.8, 4) is 0 Å². The van der Waals surface area contributed by atoms with E-state index in [1.54, 1.807) is 6.07 Å². The van der Waals surface area contributed by atoms with Crippen LogP contribution >= 0.6 is 11.3 Å². The van der Waals surface area contributed by atoms with E-state index >= 15 is 0 Å². The summed E-state index contributed by atoms with van der Waals surface area (Å²) in [5.74, 6) is 0.310. The van der Waals surface area contributed by atoms with E-state index in [1.807, 2.05) is 35.7 Å². The Labute approximate surface area is 135 Å². The van der Waals surface area contributed by atoms with Crippen LogP contribution in [0.2, 0.25) is 0 Å². The van der Waals surface area contributed by atoms with E-state index in [-0.39, 0.29) is 24.5 Å². The zero-order valence-corrected chi connectivity index (χ0v) is 13.8. The molecule has 0 aliphatic rings. The molecule has 0 saturated heterocycles. The SMILES string of the molecule is CCC(C)c1ccccc1NC(=O)CCC(=O)c1cccs1. The molecule has 4 heteroatoms. The Morgan fingerprint density at radius 3 is 2.59 bits per heavy atom. The molecule has 3 nitrogen and oxygen atoms in total. The van der Waals surface area contributed by atoms with Crippen LogP contribution in [-0.4, -0.2) is 11.7 Å². The van der Waals surface area contributed by atoms with E-state index in [4.69, 9.17) is 0 Å². The molecule has 22 heavy (non-hydrogen) atoms. The van der Waals surface area contributed by atoms with Crippen molar-refractivity contribution in [2.24, 2.45) is 0 Å². The van der Waals surface area contributed by atoms with Crippen LogP contribution in [0.25, 0.3) is 0 Å². The third kappa shape index (κ3) is 4.28. The molecule has 1 heterocycles. The molecule has 1 amide bonds. The van der Waals surface area contributed by atoms with Gasteiger partial charge in [0, 0.05) is 18.5 Å². The lowest BCUT2D eigenvalue weighted by molar-refractivity contribution is -0.116. The molecule has 1 unspecified atom stereocenters. The quantitative estimate of drug-likeness (QED) is 0.741. The van der Waals surface area contributed by atoms with Gasteiger partial charge in [0.1, 0.15) is 0 Å². The highest BCUT2D eigenvalue weighted by molar-refractivity contribution is 7.12. The van der Waals surface area contributed by atoms with Crippen molar-refractivity contribution < 1.29 is 9.59 Å². The number of thiophene rings is 1. The highest BCUT2D eigenvalue weighted by Gasteiger charge is 2.13. The van der Waals surface area contributed by atoms with Gasteiger partial charge in [-0.25, -0.2) is 0 Å². The molecule has 0 spiro atoms. The Morgan fingerprint density at radius 2 is 1.91 bits per heavy atom. The molecule has 116 valence electrons. The van der Waals surface area contributed by atoms with E-state index < -0.39 is 0 Å². The number of hydrogen-bond acceptors (Lipinski definition) is 3. The Bertz CT molecular complexity index is 634. The summed E-state index contributed by atoms with van der Waals surface area (Å²) in [6.45, 7) is 4.27. The summed E-state index contributed by atoms with van der Waals surface area (Å²) in [5.41, 5.74) is 1.99. The largest absolute Gasteiger partial charge is 0.326 e. The fraction of sp³-hybridized carbons (Fsp3) is 0.333. The second kappa shape index (κ2) is 7.90. The average Bonchev–Trinajstić information content (AvgIpc) is 3.07. The standard InChI is InChI=1S/C18H21NO2S/c1-3-13(2)14-7-4-5-8-15(14)19-18(21)11-10-16(20)17-9-6-12-22-17/h4-9,12-13H,3,10-11H2,1-2H3,(H,19,21). The molecule has 0 radical (unpaired) electrons. The van der Waals surface area contributed by atoms with Crippen LogP contribution in [0.3, 0.4) is 0 Å². The second-order valence-electron chi connectivity index (χ2n) is 5.35. The molecule has 0 bridgehead atoms. The number of para-hydroxylation sites is 1. The van der Waals surface area contributed by atoms with Gasteiger partial charge in [0.25, 0.3) is 0 Å². The first-order valence-corrected chi connectivity index (χ1v) is 8.45. The number of hydrogen-bond donors (Lipinski definition) is 1. The monoisotopic (exact) mass is 315 g/mol. The van der Waals surface area contributed by atoms with Crippen LogP contribution in [-0.2, 0) is 4.79 Å². The summed E-state index contributed by atoms with van der Waals surface area (Å²) in [5, 5.41) is 4.81. The zero-order chi connectivity index (χ0) is 15.9. The van der Waals surface area contributed by atoms with Crippen molar-refractivity contribution in [2.75, 3.05) is 5.32 Å². The van der Waals surface area contributed by atoms with Crippen LogP contribution in [0, 0.1) is 0 Å². The average molecular weight is 315 g/mol. The molecule has 0 saturated carbocycles. The van der Waals surface area contributed by atoms with Crippen molar-refractivity contribution in [1.82, 2.24) is 0 Å². The lowest BCUT2D eigenvalue weighted by Crippen LogP contribution is -2.15. The normalized spacial score (nSPS) is 11.9. The minimum Gasteiger partial charge on any atom is -0.326 e. The summed E-state index contributed by atoms with van der Waals surface area (Å²) >= 11 is 1.41.